The summed E-state index contributed by atoms with van der Waals surface area (Å²) in [7, 11) is 0. The molecule has 1 fully saturated rings. The third-order valence-corrected chi connectivity index (χ3v) is 2.80. The van der Waals surface area contributed by atoms with E-state index < -0.39 is 0 Å². The molecule has 1 aromatic heterocycles. The summed E-state index contributed by atoms with van der Waals surface area (Å²) in [5, 5.41) is 0. The Bertz CT molecular complexity index is 351. The summed E-state index contributed by atoms with van der Waals surface area (Å²) in [6.45, 7) is 3.59. The molecular weight excluding hydrogens is 180 g/mol. The van der Waals surface area contributed by atoms with Crippen molar-refractivity contribution in [1.82, 2.24) is 4.57 Å². The van der Waals surface area contributed by atoms with Crippen LogP contribution in [0.15, 0.2) is 18.5 Å². The molecule has 76 valence electrons. The largest absolute Gasteiger partial charge is 0.379 e. The Labute approximate surface area is 82.6 Å². The van der Waals surface area contributed by atoms with Crippen molar-refractivity contribution in [3.8, 4) is 0 Å². The highest BCUT2D eigenvalue weighted by Gasteiger charge is 2.31. The molecule has 1 aliphatic rings. The molecule has 0 spiro atoms. The number of carbonyl (C=O) groups excluding carboxylic acids is 1. The maximum Gasteiger partial charge on any atom is 0.250 e. The molecule has 1 aromatic rings. The number of nitrogens with zero attached hydrogens (tertiary/aromatic N) is 1. The van der Waals surface area contributed by atoms with Crippen LogP contribution >= 0.6 is 0 Å². The molecule has 0 saturated carbocycles. The van der Waals surface area contributed by atoms with Crippen molar-refractivity contribution in [3.05, 3.63) is 24.0 Å². The van der Waals surface area contributed by atoms with Crippen molar-refractivity contribution in [3.63, 3.8) is 0 Å². The van der Waals surface area contributed by atoms with Crippen LogP contribution in [0.2, 0.25) is 0 Å². The maximum absolute atomic E-state index is 10.9. The molecule has 0 bridgehead atoms. The molecule has 2 heterocycles. The third-order valence-electron chi connectivity index (χ3n) is 2.80. The monoisotopic (exact) mass is 194 g/mol. The summed E-state index contributed by atoms with van der Waals surface area (Å²) in [6.07, 6.45) is 4.64. The van der Waals surface area contributed by atoms with Crippen LogP contribution in [0.3, 0.4) is 0 Å². The molecule has 0 aromatic carbocycles. The average molecular weight is 194 g/mol. The van der Waals surface area contributed by atoms with Crippen molar-refractivity contribution in [2.75, 3.05) is 13.2 Å². The van der Waals surface area contributed by atoms with E-state index in [0.29, 0.717) is 12.2 Å². The first-order valence-corrected chi connectivity index (χ1v) is 4.68. The minimum absolute atomic E-state index is 0.0201. The topological polar surface area (TPSA) is 57.2 Å². The molecule has 14 heavy (non-hydrogen) atoms. The van der Waals surface area contributed by atoms with E-state index in [0.717, 1.165) is 13.0 Å². The maximum atomic E-state index is 10.9. The number of hydrogen-bond acceptors (Lipinski definition) is 2. The summed E-state index contributed by atoms with van der Waals surface area (Å²) < 4.78 is 7.36. The van der Waals surface area contributed by atoms with Gasteiger partial charge in [-0.25, -0.2) is 0 Å². The van der Waals surface area contributed by atoms with Crippen molar-refractivity contribution < 1.29 is 9.53 Å². The van der Waals surface area contributed by atoms with Gasteiger partial charge in [0, 0.05) is 19.0 Å². The van der Waals surface area contributed by atoms with Crippen molar-refractivity contribution in [2.45, 2.75) is 18.9 Å². The zero-order valence-electron chi connectivity index (χ0n) is 8.19. The molecule has 0 radical (unpaired) electrons. The lowest BCUT2D eigenvalue weighted by molar-refractivity contribution is 0.1000. The second kappa shape index (κ2) is 3.13. The molecule has 1 atom stereocenters. The Kier molecular flexibility index (Phi) is 2.07. The lowest BCUT2D eigenvalue weighted by atomic mass is 10.0. The first-order valence-electron chi connectivity index (χ1n) is 4.68. The zero-order valence-corrected chi connectivity index (χ0v) is 8.19. The second-order valence-electron chi connectivity index (χ2n) is 3.97. The van der Waals surface area contributed by atoms with Crippen LogP contribution in [0.1, 0.15) is 23.7 Å². The highest BCUT2D eigenvalue weighted by molar-refractivity contribution is 5.92. The van der Waals surface area contributed by atoms with Gasteiger partial charge in [-0.3, -0.25) is 4.79 Å². The van der Waals surface area contributed by atoms with Gasteiger partial charge in [-0.05, 0) is 19.4 Å². The molecular formula is C10H14N2O2. The van der Waals surface area contributed by atoms with E-state index in [9.17, 15) is 4.79 Å². The third kappa shape index (κ3) is 1.42. The number of hydrogen-bond donors (Lipinski definition) is 1. The van der Waals surface area contributed by atoms with Gasteiger partial charge in [-0.2, -0.15) is 0 Å². The Balaban J connectivity index is 2.28. The molecule has 0 aliphatic carbocycles. The Morgan fingerprint density at radius 1 is 1.71 bits per heavy atom. The van der Waals surface area contributed by atoms with Gasteiger partial charge in [0.05, 0.1) is 17.7 Å². The van der Waals surface area contributed by atoms with E-state index in [2.05, 4.69) is 6.92 Å². The number of carbonyl (C=O) groups is 1. The predicted molar refractivity (Wildman–Crippen MR) is 52.0 cm³/mol. The van der Waals surface area contributed by atoms with Gasteiger partial charge in [-0.15, -0.1) is 0 Å². The van der Waals surface area contributed by atoms with Gasteiger partial charge in [0.25, 0.3) is 0 Å². The number of rotatable bonds is 2. The number of ether oxygens (including phenoxy) is 1. The van der Waals surface area contributed by atoms with Crippen molar-refractivity contribution >= 4 is 5.91 Å². The van der Waals surface area contributed by atoms with E-state index in [1.54, 1.807) is 12.3 Å². The minimum atomic E-state index is -0.383. The molecule has 2 N–H and O–H groups in total. The first kappa shape index (κ1) is 9.27. The summed E-state index contributed by atoms with van der Waals surface area (Å²) in [6, 6.07) is 1.74. The van der Waals surface area contributed by atoms with Gasteiger partial charge >= 0.3 is 0 Å². The highest BCUT2D eigenvalue weighted by atomic mass is 16.5. The summed E-state index contributed by atoms with van der Waals surface area (Å²) >= 11 is 0. The molecule has 4 nitrogen and oxygen atoms in total. The van der Waals surface area contributed by atoms with Gasteiger partial charge in [-0.1, -0.05) is 0 Å². The highest BCUT2D eigenvalue weighted by Crippen LogP contribution is 2.27. The van der Waals surface area contributed by atoms with Gasteiger partial charge in [0.1, 0.15) is 0 Å². The van der Waals surface area contributed by atoms with Crippen LogP contribution in [0.25, 0.3) is 0 Å². The standard InChI is InChI=1S/C10H14N2O2/c1-10(3-5-14-7-10)12-4-2-8(6-12)9(11)13/h2,4,6H,3,5,7H2,1H3,(H2,11,13)/t10-/m0/s1. The van der Waals surface area contributed by atoms with E-state index in [-0.39, 0.29) is 11.4 Å². The van der Waals surface area contributed by atoms with Gasteiger partial charge in [0.2, 0.25) is 5.91 Å². The number of primary amides is 1. The normalized spacial score (nSPS) is 26.6. The zero-order chi connectivity index (χ0) is 10.2. The quantitative estimate of drug-likeness (QED) is 0.754. The van der Waals surface area contributed by atoms with Crippen molar-refractivity contribution in [1.29, 1.82) is 0 Å². The molecule has 1 amide bonds. The molecule has 1 aliphatic heterocycles. The summed E-state index contributed by atoms with van der Waals surface area (Å²) in [5.41, 5.74) is 5.72. The molecule has 4 heteroatoms. The van der Waals surface area contributed by atoms with E-state index in [1.807, 2.05) is 10.8 Å². The fraction of sp³-hybridized carbons (Fsp3) is 0.500. The molecule has 0 unspecified atom stereocenters. The Morgan fingerprint density at radius 3 is 3.00 bits per heavy atom. The Hall–Kier alpha value is -1.29. The fourth-order valence-corrected chi connectivity index (χ4v) is 1.74. The van der Waals surface area contributed by atoms with Crippen LogP contribution < -0.4 is 5.73 Å². The Morgan fingerprint density at radius 2 is 2.50 bits per heavy atom. The second-order valence-corrected chi connectivity index (χ2v) is 3.97. The number of nitrogens with two attached hydrogens (primary N) is 1. The smallest absolute Gasteiger partial charge is 0.250 e. The van der Waals surface area contributed by atoms with Crippen LogP contribution in [-0.4, -0.2) is 23.7 Å². The molecule has 2 rings (SSSR count). The van der Waals surface area contributed by atoms with Crippen molar-refractivity contribution in [2.24, 2.45) is 5.73 Å². The van der Waals surface area contributed by atoms with Gasteiger partial charge < -0.3 is 15.0 Å². The van der Waals surface area contributed by atoms with Crippen LogP contribution in [0, 0.1) is 0 Å². The summed E-state index contributed by atoms with van der Waals surface area (Å²) in [5.74, 6) is -0.383. The lowest BCUT2D eigenvalue weighted by Crippen LogP contribution is -2.29. The molecule has 1 saturated heterocycles. The number of amides is 1. The number of aromatic nitrogens is 1. The lowest BCUT2D eigenvalue weighted by Gasteiger charge is -2.24. The van der Waals surface area contributed by atoms with E-state index >= 15 is 0 Å². The average Bonchev–Trinajstić information content (AvgIpc) is 2.71. The summed E-state index contributed by atoms with van der Waals surface area (Å²) in [4.78, 5) is 10.9. The van der Waals surface area contributed by atoms with Crippen LogP contribution in [0.4, 0.5) is 0 Å². The van der Waals surface area contributed by atoms with E-state index in [4.69, 9.17) is 10.5 Å². The predicted octanol–water partition coefficient (Wildman–Crippen LogP) is 0.723. The SMILES string of the molecule is C[C@]1(n2ccc(C(N)=O)c2)CCOC1. The van der Waals surface area contributed by atoms with Crippen LogP contribution in [-0.2, 0) is 10.3 Å². The fourth-order valence-electron chi connectivity index (χ4n) is 1.74. The van der Waals surface area contributed by atoms with Crippen LogP contribution in [0.5, 0.6) is 0 Å². The van der Waals surface area contributed by atoms with E-state index in [1.165, 1.54) is 0 Å². The van der Waals surface area contributed by atoms with Gasteiger partial charge in [0.15, 0.2) is 0 Å². The minimum Gasteiger partial charge on any atom is -0.379 e. The first-order chi connectivity index (χ1) is 6.62.